The van der Waals surface area contributed by atoms with E-state index in [0.29, 0.717) is 35.0 Å². The minimum absolute atomic E-state index is 0.227. The Balaban J connectivity index is 1.77. The van der Waals surface area contributed by atoms with E-state index in [-0.39, 0.29) is 5.91 Å². The summed E-state index contributed by atoms with van der Waals surface area (Å²) in [4.78, 5) is 13.1. The molecule has 0 unspecified atom stereocenters. The standard InChI is InChI=1S/C24H23N5O4/c1-31-21-10-9-20(22(32-2)23(21)33-3)17-11-18(13-19(12-17)29-15-26-27-28-29)24(30)25-14-16-7-5-4-6-8-16/h4-13,15H,14H2,1-3H3,(H,25,30). The first kappa shape index (κ1) is 21.8. The Kier molecular flexibility index (Phi) is 6.49. The number of tetrazole rings is 1. The van der Waals surface area contributed by atoms with Crippen LogP contribution >= 0.6 is 0 Å². The fraction of sp³-hybridized carbons (Fsp3) is 0.167. The molecule has 1 amide bonds. The molecule has 0 aliphatic carbocycles. The zero-order chi connectivity index (χ0) is 23.2. The van der Waals surface area contributed by atoms with E-state index in [9.17, 15) is 4.79 Å². The maximum absolute atomic E-state index is 13.1. The van der Waals surface area contributed by atoms with E-state index < -0.39 is 0 Å². The largest absolute Gasteiger partial charge is 0.493 e. The lowest BCUT2D eigenvalue weighted by atomic mass is 9.99. The Morgan fingerprint density at radius 1 is 0.939 bits per heavy atom. The molecule has 0 bridgehead atoms. The van der Waals surface area contributed by atoms with Crippen LogP contribution in [0.15, 0.2) is 67.0 Å². The zero-order valence-corrected chi connectivity index (χ0v) is 18.5. The summed E-state index contributed by atoms with van der Waals surface area (Å²) in [7, 11) is 4.66. The van der Waals surface area contributed by atoms with Gasteiger partial charge >= 0.3 is 0 Å². The molecular weight excluding hydrogens is 422 g/mol. The Morgan fingerprint density at radius 2 is 1.73 bits per heavy atom. The fourth-order valence-electron chi connectivity index (χ4n) is 3.52. The summed E-state index contributed by atoms with van der Waals surface area (Å²) in [6.07, 6.45) is 1.47. The number of ether oxygens (including phenoxy) is 3. The molecule has 1 N–H and O–H groups in total. The van der Waals surface area contributed by atoms with E-state index in [1.54, 1.807) is 39.5 Å². The van der Waals surface area contributed by atoms with Crippen molar-refractivity contribution < 1.29 is 19.0 Å². The molecule has 3 aromatic carbocycles. The zero-order valence-electron chi connectivity index (χ0n) is 18.5. The molecule has 9 nitrogen and oxygen atoms in total. The minimum atomic E-state index is -0.227. The number of hydrogen-bond acceptors (Lipinski definition) is 7. The van der Waals surface area contributed by atoms with Crippen LogP contribution in [0.1, 0.15) is 15.9 Å². The van der Waals surface area contributed by atoms with Gasteiger partial charge in [-0.05, 0) is 51.9 Å². The number of benzene rings is 3. The highest BCUT2D eigenvalue weighted by Crippen LogP contribution is 2.44. The van der Waals surface area contributed by atoms with Crippen molar-refractivity contribution in [2.45, 2.75) is 6.54 Å². The summed E-state index contributed by atoms with van der Waals surface area (Å²) in [5.41, 5.74) is 3.53. The number of rotatable bonds is 8. The van der Waals surface area contributed by atoms with Crippen molar-refractivity contribution in [1.82, 2.24) is 25.5 Å². The molecular formula is C24H23N5O4. The van der Waals surface area contributed by atoms with Crippen LogP contribution in [0.2, 0.25) is 0 Å². The maximum Gasteiger partial charge on any atom is 0.251 e. The van der Waals surface area contributed by atoms with Gasteiger partial charge in [0.2, 0.25) is 5.75 Å². The lowest BCUT2D eigenvalue weighted by Gasteiger charge is -2.17. The van der Waals surface area contributed by atoms with Gasteiger partial charge in [-0.15, -0.1) is 5.10 Å². The van der Waals surface area contributed by atoms with Crippen molar-refractivity contribution in [1.29, 1.82) is 0 Å². The third-order valence-electron chi connectivity index (χ3n) is 5.10. The summed E-state index contributed by atoms with van der Waals surface area (Å²) in [6, 6.07) is 18.7. The van der Waals surface area contributed by atoms with Gasteiger partial charge in [0, 0.05) is 17.7 Å². The summed E-state index contributed by atoms with van der Waals surface area (Å²) < 4.78 is 18.0. The van der Waals surface area contributed by atoms with Gasteiger partial charge in [-0.3, -0.25) is 4.79 Å². The lowest BCUT2D eigenvalue weighted by molar-refractivity contribution is 0.0951. The van der Waals surface area contributed by atoms with E-state index in [2.05, 4.69) is 20.8 Å². The third-order valence-corrected chi connectivity index (χ3v) is 5.10. The summed E-state index contributed by atoms with van der Waals surface area (Å²) >= 11 is 0. The van der Waals surface area contributed by atoms with Gasteiger partial charge in [0.25, 0.3) is 5.91 Å². The second kappa shape index (κ2) is 9.82. The Morgan fingerprint density at radius 3 is 2.39 bits per heavy atom. The quantitative estimate of drug-likeness (QED) is 0.444. The molecule has 0 aliphatic heterocycles. The monoisotopic (exact) mass is 445 g/mol. The van der Waals surface area contributed by atoms with Crippen LogP contribution in [-0.4, -0.2) is 47.4 Å². The highest BCUT2D eigenvalue weighted by atomic mass is 16.5. The smallest absolute Gasteiger partial charge is 0.251 e. The normalized spacial score (nSPS) is 10.5. The van der Waals surface area contributed by atoms with Gasteiger partial charge in [-0.25, -0.2) is 4.68 Å². The van der Waals surface area contributed by atoms with E-state index in [4.69, 9.17) is 14.2 Å². The molecule has 0 fully saturated rings. The Labute approximate surface area is 190 Å². The average molecular weight is 445 g/mol. The van der Waals surface area contributed by atoms with Crippen LogP contribution in [0.3, 0.4) is 0 Å². The van der Waals surface area contributed by atoms with E-state index >= 15 is 0 Å². The Bertz CT molecular complexity index is 1240. The van der Waals surface area contributed by atoms with Gasteiger partial charge in [0.1, 0.15) is 6.33 Å². The molecule has 0 saturated carbocycles. The number of carbonyl (C=O) groups excluding carboxylic acids is 1. The second-order valence-corrected chi connectivity index (χ2v) is 7.07. The maximum atomic E-state index is 13.1. The van der Waals surface area contributed by atoms with Gasteiger partial charge in [0.05, 0.1) is 27.0 Å². The topological polar surface area (TPSA) is 100 Å². The number of methoxy groups -OCH3 is 3. The Hall–Kier alpha value is -4.40. The summed E-state index contributed by atoms with van der Waals surface area (Å²) in [6.45, 7) is 0.407. The van der Waals surface area contributed by atoms with Crippen molar-refractivity contribution in [3.63, 3.8) is 0 Å². The van der Waals surface area contributed by atoms with Gasteiger partial charge in [-0.2, -0.15) is 0 Å². The van der Waals surface area contributed by atoms with Crippen LogP contribution in [0.4, 0.5) is 0 Å². The van der Waals surface area contributed by atoms with Crippen LogP contribution in [-0.2, 0) is 6.54 Å². The van der Waals surface area contributed by atoms with Gasteiger partial charge in [-0.1, -0.05) is 30.3 Å². The summed E-state index contributed by atoms with van der Waals surface area (Å²) in [5, 5.41) is 14.3. The molecule has 0 saturated heterocycles. The first-order valence-corrected chi connectivity index (χ1v) is 10.1. The molecule has 1 aromatic heterocycles. The highest BCUT2D eigenvalue weighted by Gasteiger charge is 2.19. The second-order valence-electron chi connectivity index (χ2n) is 7.07. The van der Waals surface area contributed by atoms with Crippen LogP contribution in [0.25, 0.3) is 16.8 Å². The lowest BCUT2D eigenvalue weighted by Crippen LogP contribution is -2.23. The first-order valence-electron chi connectivity index (χ1n) is 10.1. The number of carbonyl (C=O) groups is 1. The van der Waals surface area contributed by atoms with E-state index in [0.717, 1.165) is 16.7 Å². The molecule has 0 aliphatic rings. The molecule has 4 rings (SSSR count). The van der Waals surface area contributed by atoms with Gasteiger partial charge < -0.3 is 19.5 Å². The predicted molar refractivity (Wildman–Crippen MR) is 122 cm³/mol. The fourth-order valence-corrected chi connectivity index (χ4v) is 3.52. The number of aromatic nitrogens is 4. The number of nitrogens with zero attached hydrogens (tertiary/aromatic N) is 4. The first-order chi connectivity index (χ1) is 16.1. The number of hydrogen-bond donors (Lipinski definition) is 1. The average Bonchev–Trinajstić information content (AvgIpc) is 3.41. The minimum Gasteiger partial charge on any atom is -0.493 e. The van der Waals surface area contributed by atoms with Crippen molar-refractivity contribution in [3.05, 3.63) is 78.1 Å². The van der Waals surface area contributed by atoms with Gasteiger partial charge in [0.15, 0.2) is 11.5 Å². The molecule has 1 heterocycles. The molecule has 9 heteroatoms. The molecule has 4 aromatic rings. The van der Waals surface area contributed by atoms with Crippen LogP contribution < -0.4 is 19.5 Å². The number of nitrogens with one attached hydrogen (secondary N) is 1. The highest BCUT2D eigenvalue weighted by molar-refractivity contribution is 5.96. The predicted octanol–water partition coefficient (Wildman–Crippen LogP) is 3.29. The van der Waals surface area contributed by atoms with E-state index in [1.165, 1.54) is 11.0 Å². The number of amides is 1. The van der Waals surface area contributed by atoms with Crippen molar-refractivity contribution in [2.24, 2.45) is 0 Å². The van der Waals surface area contributed by atoms with Crippen molar-refractivity contribution >= 4 is 5.91 Å². The van der Waals surface area contributed by atoms with Crippen molar-refractivity contribution in [2.75, 3.05) is 21.3 Å². The molecule has 168 valence electrons. The molecule has 0 atom stereocenters. The van der Waals surface area contributed by atoms with Crippen molar-refractivity contribution in [3.8, 4) is 34.1 Å². The van der Waals surface area contributed by atoms with Crippen LogP contribution in [0.5, 0.6) is 17.2 Å². The molecule has 0 spiro atoms. The third kappa shape index (κ3) is 4.62. The summed E-state index contributed by atoms with van der Waals surface area (Å²) in [5.74, 6) is 1.26. The SMILES string of the molecule is COc1ccc(-c2cc(C(=O)NCc3ccccc3)cc(-n3cnnn3)c2)c(OC)c1OC. The van der Waals surface area contributed by atoms with E-state index in [1.807, 2.05) is 42.5 Å². The molecule has 0 radical (unpaired) electrons. The molecule has 33 heavy (non-hydrogen) atoms. The van der Waals surface area contributed by atoms with Crippen LogP contribution in [0, 0.1) is 0 Å².